The van der Waals surface area contributed by atoms with Gasteiger partial charge >= 0.3 is 0 Å². The molecule has 6 nitrogen and oxygen atoms in total. The lowest BCUT2D eigenvalue weighted by Crippen LogP contribution is -2.37. The number of nitrogens with zero attached hydrogens (tertiary/aromatic N) is 2. The third kappa shape index (κ3) is 5.14. The molecule has 0 saturated carbocycles. The van der Waals surface area contributed by atoms with E-state index in [2.05, 4.69) is 38.4 Å². The first-order chi connectivity index (χ1) is 14.2. The van der Waals surface area contributed by atoms with Gasteiger partial charge in [-0.15, -0.1) is 0 Å². The molecule has 0 radical (unpaired) electrons. The largest absolute Gasteiger partial charge is 0.379 e. The van der Waals surface area contributed by atoms with E-state index in [0.717, 1.165) is 69.1 Å². The first-order valence-corrected chi connectivity index (χ1v) is 10.6. The van der Waals surface area contributed by atoms with Gasteiger partial charge in [-0.25, -0.2) is 4.98 Å². The van der Waals surface area contributed by atoms with Crippen molar-refractivity contribution in [2.75, 3.05) is 38.2 Å². The summed E-state index contributed by atoms with van der Waals surface area (Å²) in [6.45, 7) is 6.61. The molecule has 0 bridgehead atoms. The molecule has 1 fully saturated rings. The number of hydrogen-bond donors (Lipinski definition) is 2. The van der Waals surface area contributed by atoms with Crippen LogP contribution in [0.15, 0.2) is 30.5 Å². The predicted octanol–water partition coefficient (Wildman–Crippen LogP) is 3.80. The molecule has 4 rings (SSSR count). The number of anilines is 1. The highest BCUT2D eigenvalue weighted by Crippen LogP contribution is 2.33. The fourth-order valence-corrected chi connectivity index (χ4v) is 4.03. The fraction of sp³-hybridized carbons (Fsp3) is 0.478. The summed E-state index contributed by atoms with van der Waals surface area (Å²) in [5.41, 5.74) is 5.55. The first-order valence-electron chi connectivity index (χ1n) is 10.6. The number of morpholine rings is 1. The Hall–Kier alpha value is -2.44. The van der Waals surface area contributed by atoms with Crippen molar-refractivity contribution in [1.82, 2.24) is 14.9 Å². The molecular formula is C23H30N4O2. The number of rotatable bonds is 6. The van der Waals surface area contributed by atoms with Crippen molar-refractivity contribution in [3.63, 3.8) is 0 Å². The number of aromatic amines is 1. The Bertz CT molecular complexity index is 881. The second-order valence-electron chi connectivity index (χ2n) is 7.93. The lowest BCUT2D eigenvalue weighted by Gasteiger charge is -2.26. The second-order valence-corrected chi connectivity index (χ2v) is 7.93. The van der Waals surface area contributed by atoms with Crippen LogP contribution in [0.3, 0.4) is 0 Å². The highest BCUT2D eigenvalue weighted by atomic mass is 16.5. The molecule has 6 heteroatoms. The van der Waals surface area contributed by atoms with E-state index in [1.165, 1.54) is 24.0 Å². The number of ether oxygens (including phenoxy) is 1. The summed E-state index contributed by atoms with van der Waals surface area (Å²) in [4.78, 5) is 22.3. The number of hydrogen-bond acceptors (Lipinski definition) is 4. The molecule has 1 amide bonds. The van der Waals surface area contributed by atoms with Crippen molar-refractivity contribution in [1.29, 1.82) is 0 Å². The number of aryl methyl sites for hydroxylation is 1. The van der Waals surface area contributed by atoms with E-state index in [4.69, 9.17) is 4.74 Å². The van der Waals surface area contributed by atoms with Crippen LogP contribution in [-0.2, 0) is 11.2 Å². The van der Waals surface area contributed by atoms with Crippen LogP contribution in [0.1, 0.15) is 53.1 Å². The van der Waals surface area contributed by atoms with E-state index in [0.29, 0.717) is 5.82 Å². The van der Waals surface area contributed by atoms with Gasteiger partial charge in [0.1, 0.15) is 0 Å². The maximum Gasteiger partial charge on any atom is 0.291 e. The third-order valence-corrected chi connectivity index (χ3v) is 5.71. The van der Waals surface area contributed by atoms with Crippen LogP contribution in [0.4, 0.5) is 5.69 Å². The Kier molecular flexibility index (Phi) is 6.42. The number of H-pyrrole nitrogens is 1. The number of carbonyl (C=O) groups excluding carboxylic acids is 1. The van der Waals surface area contributed by atoms with Crippen molar-refractivity contribution in [3.8, 4) is 0 Å². The smallest absolute Gasteiger partial charge is 0.291 e. The molecule has 154 valence electrons. The number of benzene rings is 1. The van der Waals surface area contributed by atoms with E-state index in [1.54, 1.807) is 6.20 Å². The number of carbonyl (C=O) groups is 1. The minimum Gasteiger partial charge on any atom is -0.379 e. The molecule has 2 N–H and O–H groups in total. The minimum atomic E-state index is -0.197. The van der Waals surface area contributed by atoms with E-state index in [9.17, 15) is 4.79 Å². The monoisotopic (exact) mass is 394 g/mol. The Morgan fingerprint density at radius 2 is 2.14 bits per heavy atom. The van der Waals surface area contributed by atoms with Gasteiger partial charge in [0.15, 0.2) is 5.82 Å². The predicted molar refractivity (Wildman–Crippen MR) is 115 cm³/mol. The van der Waals surface area contributed by atoms with Crippen molar-refractivity contribution in [2.24, 2.45) is 0 Å². The summed E-state index contributed by atoms with van der Waals surface area (Å²) >= 11 is 0. The molecule has 2 heterocycles. The van der Waals surface area contributed by atoms with Crippen LogP contribution in [0.25, 0.3) is 5.57 Å². The molecule has 2 aromatic rings. The Morgan fingerprint density at radius 1 is 1.28 bits per heavy atom. The summed E-state index contributed by atoms with van der Waals surface area (Å²) in [6, 6.07) is 6.45. The topological polar surface area (TPSA) is 70.2 Å². The average molecular weight is 395 g/mol. The van der Waals surface area contributed by atoms with Gasteiger partial charge in [0.2, 0.25) is 0 Å². The lowest BCUT2D eigenvalue weighted by atomic mass is 9.91. The average Bonchev–Trinajstić information content (AvgIpc) is 3.21. The van der Waals surface area contributed by atoms with Crippen LogP contribution in [-0.4, -0.2) is 53.6 Å². The van der Waals surface area contributed by atoms with Crippen LogP contribution in [0, 0.1) is 6.92 Å². The van der Waals surface area contributed by atoms with Gasteiger partial charge in [-0.2, -0.15) is 0 Å². The Morgan fingerprint density at radius 3 is 2.86 bits per heavy atom. The maximum atomic E-state index is 12.6. The number of allylic oxidation sites excluding steroid dienone is 2. The van der Waals surface area contributed by atoms with Crippen molar-refractivity contribution < 1.29 is 9.53 Å². The molecule has 0 spiro atoms. The molecule has 1 aromatic heterocycles. The molecule has 1 aliphatic heterocycles. The van der Waals surface area contributed by atoms with E-state index in [1.807, 2.05) is 13.0 Å². The highest BCUT2D eigenvalue weighted by Gasteiger charge is 2.17. The summed E-state index contributed by atoms with van der Waals surface area (Å²) in [5, 5.41) is 3.07. The zero-order chi connectivity index (χ0) is 20.1. The normalized spacial score (nSPS) is 17.8. The van der Waals surface area contributed by atoms with Crippen molar-refractivity contribution in [2.45, 2.75) is 39.0 Å². The lowest BCUT2D eigenvalue weighted by molar-refractivity contribution is 0.0384. The Balaban J connectivity index is 1.53. The van der Waals surface area contributed by atoms with Gasteiger partial charge in [0, 0.05) is 42.8 Å². The van der Waals surface area contributed by atoms with E-state index < -0.39 is 0 Å². The molecular weight excluding hydrogens is 364 g/mol. The minimum absolute atomic E-state index is 0.197. The first kappa shape index (κ1) is 19.9. The van der Waals surface area contributed by atoms with Crippen LogP contribution in [0.5, 0.6) is 0 Å². The molecule has 1 aliphatic carbocycles. The SMILES string of the molecule is Cc1cnc(C(=O)Nc2ccc(CCN3CCOCC3)cc2C2=CCCCC2)[nH]1. The molecule has 29 heavy (non-hydrogen) atoms. The third-order valence-electron chi connectivity index (χ3n) is 5.71. The van der Waals surface area contributed by atoms with Gasteiger partial charge < -0.3 is 15.0 Å². The number of aromatic nitrogens is 2. The van der Waals surface area contributed by atoms with Crippen LogP contribution in [0.2, 0.25) is 0 Å². The molecule has 1 aromatic carbocycles. The Labute approximate surface area is 172 Å². The fourth-order valence-electron chi connectivity index (χ4n) is 4.03. The van der Waals surface area contributed by atoms with Crippen LogP contribution < -0.4 is 5.32 Å². The molecule has 1 saturated heterocycles. The number of imidazole rings is 1. The van der Waals surface area contributed by atoms with Crippen molar-refractivity contribution >= 4 is 17.2 Å². The van der Waals surface area contributed by atoms with E-state index in [-0.39, 0.29) is 5.91 Å². The molecule has 0 unspecified atom stereocenters. The van der Waals surface area contributed by atoms with E-state index >= 15 is 0 Å². The maximum absolute atomic E-state index is 12.6. The van der Waals surface area contributed by atoms with Gasteiger partial charge in [0.05, 0.1) is 13.2 Å². The highest BCUT2D eigenvalue weighted by molar-refractivity contribution is 6.03. The van der Waals surface area contributed by atoms with Crippen molar-refractivity contribution in [3.05, 3.63) is 53.1 Å². The summed E-state index contributed by atoms with van der Waals surface area (Å²) < 4.78 is 5.44. The van der Waals surface area contributed by atoms with Gasteiger partial charge in [0.25, 0.3) is 5.91 Å². The standard InChI is InChI=1S/C23H30N4O2/c1-17-16-24-22(25-17)23(28)26-21-8-7-18(9-10-27-11-13-29-14-12-27)15-20(21)19-5-3-2-4-6-19/h5,7-8,15-16H,2-4,6,9-14H2,1H3,(H,24,25)(H,26,28). The summed E-state index contributed by atoms with van der Waals surface area (Å²) in [6.07, 6.45) is 9.63. The quantitative estimate of drug-likeness (QED) is 0.782. The van der Waals surface area contributed by atoms with Gasteiger partial charge in [-0.1, -0.05) is 12.1 Å². The molecule has 0 atom stereocenters. The number of amides is 1. The summed E-state index contributed by atoms with van der Waals surface area (Å²) in [5.74, 6) is 0.152. The van der Waals surface area contributed by atoms with Crippen LogP contribution >= 0.6 is 0 Å². The van der Waals surface area contributed by atoms with Gasteiger partial charge in [-0.05, 0) is 62.3 Å². The second kappa shape index (κ2) is 9.37. The summed E-state index contributed by atoms with van der Waals surface area (Å²) in [7, 11) is 0. The number of nitrogens with one attached hydrogen (secondary N) is 2. The zero-order valence-electron chi connectivity index (χ0n) is 17.2. The van der Waals surface area contributed by atoms with Gasteiger partial charge in [-0.3, -0.25) is 9.69 Å². The zero-order valence-corrected chi connectivity index (χ0v) is 17.2. The molecule has 2 aliphatic rings.